The molecule has 0 aromatic heterocycles. The molecule has 0 aliphatic heterocycles. The molecule has 0 bridgehead atoms. The van der Waals surface area contributed by atoms with Gasteiger partial charge in [0.1, 0.15) is 0 Å². The molecule has 0 aromatic carbocycles. The lowest BCUT2D eigenvalue weighted by atomic mass is 9.91. The van der Waals surface area contributed by atoms with Crippen molar-refractivity contribution in [1.29, 1.82) is 0 Å². The summed E-state index contributed by atoms with van der Waals surface area (Å²) in [5.41, 5.74) is 0. The van der Waals surface area contributed by atoms with E-state index in [1.165, 1.54) is 0 Å². The Morgan fingerprint density at radius 2 is 1.89 bits per heavy atom. The van der Waals surface area contributed by atoms with Crippen LogP contribution < -0.4 is 5.32 Å². The van der Waals surface area contributed by atoms with Crippen LogP contribution in [0.2, 0.25) is 0 Å². The van der Waals surface area contributed by atoms with E-state index in [9.17, 15) is 8.42 Å². The van der Waals surface area contributed by atoms with Crippen molar-refractivity contribution >= 4 is 10.0 Å². The normalized spacial score (nSPS) is 25.6. The van der Waals surface area contributed by atoms with Crippen molar-refractivity contribution in [1.82, 2.24) is 9.62 Å². The first-order valence-electron chi connectivity index (χ1n) is 6.63. The highest BCUT2D eigenvalue weighted by Crippen LogP contribution is 2.24. The molecule has 1 aliphatic rings. The van der Waals surface area contributed by atoms with Crippen molar-refractivity contribution in [2.45, 2.75) is 44.2 Å². The molecule has 6 heteroatoms. The first-order valence-corrected chi connectivity index (χ1v) is 8.24. The molecular weight excluding hydrogens is 252 g/mol. The molecule has 1 aliphatic carbocycles. The Labute approximate surface area is 111 Å². The predicted octanol–water partition coefficient (Wildman–Crippen LogP) is 0.815. The van der Waals surface area contributed by atoms with Crippen molar-refractivity contribution < 1.29 is 13.2 Å². The van der Waals surface area contributed by atoms with E-state index in [1.807, 2.05) is 7.05 Å². The molecular formula is C12H26N2O3S. The Balaban J connectivity index is 2.45. The zero-order valence-corrected chi connectivity index (χ0v) is 12.5. The van der Waals surface area contributed by atoms with E-state index in [1.54, 1.807) is 18.5 Å². The second kappa shape index (κ2) is 7.43. The molecule has 18 heavy (non-hydrogen) atoms. The number of nitrogens with zero attached hydrogens (tertiary/aromatic N) is 1. The average Bonchev–Trinajstić information content (AvgIpc) is 2.38. The van der Waals surface area contributed by atoms with Gasteiger partial charge in [0.25, 0.3) is 0 Å². The summed E-state index contributed by atoms with van der Waals surface area (Å²) in [6.45, 7) is 0.500. The molecule has 0 aromatic rings. The van der Waals surface area contributed by atoms with Crippen LogP contribution in [0.15, 0.2) is 0 Å². The van der Waals surface area contributed by atoms with Crippen molar-refractivity contribution in [3.8, 4) is 0 Å². The predicted molar refractivity (Wildman–Crippen MR) is 73.1 cm³/mol. The second-order valence-corrected chi connectivity index (χ2v) is 7.12. The number of hydrogen-bond donors (Lipinski definition) is 1. The van der Waals surface area contributed by atoms with Gasteiger partial charge in [-0.1, -0.05) is 0 Å². The van der Waals surface area contributed by atoms with Crippen molar-refractivity contribution in [3.63, 3.8) is 0 Å². The molecule has 1 N–H and O–H groups in total. The maximum Gasteiger partial charge on any atom is 0.214 e. The Bertz CT molecular complexity index is 324. The summed E-state index contributed by atoms with van der Waals surface area (Å²) < 4.78 is 30.7. The number of methoxy groups -OCH3 is 1. The zero-order valence-electron chi connectivity index (χ0n) is 11.7. The minimum atomic E-state index is -3.12. The highest BCUT2D eigenvalue weighted by molar-refractivity contribution is 7.89. The quantitative estimate of drug-likeness (QED) is 0.700. The number of rotatable bonds is 7. The van der Waals surface area contributed by atoms with Crippen molar-refractivity contribution in [3.05, 3.63) is 0 Å². The summed E-state index contributed by atoms with van der Waals surface area (Å²) in [5.74, 6) is 0.184. The van der Waals surface area contributed by atoms with Gasteiger partial charge in [0.2, 0.25) is 10.0 Å². The molecule has 0 heterocycles. The van der Waals surface area contributed by atoms with E-state index >= 15 is 0 Å². The van der Waals surface area contributed by atoms with E-state index in [-0.39, 0.29) is 11.8 Å². The van der Waals surface area contributed by atoms with Crippen LogP contribution in [0.25, 0.3) is 0 Å². The van der Waals surface area contributed by atoms with Gasteiger partial charge in [0.05, 0.1) is 5.75 Å². The van der Waals surface area contributed by atoms with Gasteiger partial charge < -0.3 is 10.1 Å². The molecule has 1 fully saturated rings. The standard InChI is InChI=1S/C12H26N2O3S/c1-13-11-5-7-12(8-6-11)14(2)18(15,16)10-4-9-17-3/h11-13H,4-10H2,1-3H3. The summed E-state index contributed by atoms with van der Waals surface area (Å²) in [6.07, 6.45) is 4.57. The summed E-state index contributed by atoms with van der Waals surface area (Å²) in [4.78, 5) is 0. The minimum Gasteiger partial charge on any atom is -0.385 e. The van der Waals surface area contributed by atoms with Crippen molar-refractivity contribution in [2.75, 3.05) is 33.6 Å². The van der Waals surface area contributed by atoms with Gasteiger partial charge in [0.15, 0.2) is 0 Å². The van der Waals surface area contributed by atoms with E-state index in [0.717, 1.165) is 25.7 Å². The molecule has 0 amide bonds. The van der Waals surface area contributed by atoms with Gasteiger partial charge in [-0.2, -0.15) is 0 Å². The average molecular weight is 278 g/mol. The van der Waals surface area contributed by atoms with Crippen molar-refractivity contribution in [2.24, 2.45) is 0 Å². The van der Waals surface area contributed by atoms with Gasteiger partial charge in [0, 0.05) is 32.8 Å². The summed E-state index contributed by atoms with van der Waals surface area (Å²) in [7, 11) is 2.15. The van der Waals surface area contributed by atoms with E-state index in [2.05, 4.69) is 5.32 Å². The molecule has 5 nitrogen and oxygen atoms in total. The third-order valence-corrected chi connectivity index (χ3v) is 5.79. The van der Waals surface area contributed by atoms with E-state index in [4.69, 9.17) is 4.74 Å². The number of hydrogen-bond acceptors (Lipinski definition) is 4. The lowest BCUT2D eigenvalue weighted by Crippen LogP contribution is -2.43. The first kappa shape index (κ1) is 15.9. The van der Waals surface area contributed by atoms with Crippen LogP contribution in [0.5, 0.6) is 0 Å². The summed E-state index contributed by atoms with van der Waals surface area (Å²) >= 11 is 0. The third kappa shape index (κ3) is 4.50. The first-order chi connectivity index (χ1) is 8.51. The summed E-state index contributed by atoms with van der Waals surface area (Å²) in [6, 6.07) is 0.716. The maximum absolute atomic E-state index is 12.1. The highest BCUT2D eigenvalue weighted by Gasteiger charge is 2.29. The number of sulfonamides is 1. The molecule has 108 valence electrons. The lowest BCUT2D eigenvalue weighted by Gasteiger charge is -2.33. The Morgan fingerprint density at radius 1 is 1.28 bits per heavy atom. The Kier molecular flexibility index (Phi) is 6.55. The van der Waals surface area contributed by atoms with Gasteiger partial charge in [-0.15, -0.1) is 0 Å². The zero-order chi connectivity index (χ0) is 13.6. The smallest absolute Gasteiger partial charge is 0.214 e. The van der Waals surface area contributed by atoms with Crippen LogP contribution in [0.1, 0.15) is 32.1 Å². The Morgan fingerprint density at radius 3 is 2.39 bits per heavy atom. The molecule has 0 spiro atoms. The fraction of sp³-hybridized carbons (Fsp3) is 1.00. The van der Waals surface area contributed by atoms with Crippen LogP contribution >= 0.6 is 0 Å². The lowest BCUT2D eigenvalue weighted by molar-refractivity contribution is 0.198. The monoisotopic (exact) mass is 278 g/mol. The van der Waals surface area contributed by atoms with Crippen LogP contribution in [-0.4, -0.2) is 58.4 Å². The molecule has 0 atom stereocenters. The van der Waals surface area contributed by atoms with Crippen LogP contribution in [0.3, 0.4) is 0 Å². The topological polar surface area (TPSA) is 58.6 Å². The molecule has 1 saturated carbocycles. The molecule has 1 rings (SSSR count). The maximum atomic E-state index is 12.1. The molecule has 0 saturated heterocycles. The summed E-state index contributed by atoms with van der Waals surface area (Å²) in [5, 5.41) is 3.26. The van der Waals surface area contributed by atoms with E-state index in [0.29, 0.717) is 19.1 Å². The van der Waals surface area contributed by atoms with Crippen LogP contribution in [-0.2, 0) is 14.8 Å². The second-order valence-electron chi connectivity index (χ2n) is 4.97. The van der Waals surface area contributed by atoms with Gasteiger partial charge in [-0.05, 0) is 39.2 Å². The fourth-order valence-corrected chi connectivity index (χ4v) is 3.92. The number of ether oxygens (including phenoxy) is 1. The largest absolute Gasteiger partial charge is 0.385 e. The van der Waals surface area contributed by atoms with Crippen LogP contribution in [0.4, 0.5) is 0 Å². The van der Waals surface area contributed by atoms with E-state index < -0.39 is 10.0 Å². The minimum absolute atomic E-state index is 0.169. The Hall–Kier alpha value is -0.170. The van der Waals surface area contributed by atoms with Crippen LogP contribution in [0, 0.1) is 0 Å². The fourth-order valence-electron chi connectivity index (χ4n) is 2.48. The van der Waals surface area contributed by atoms with Gasteiger partial charge >= 0.3 is 0 Å². The molecule has 0 unspecified atom stereocenters. The molecule has 0 radical (unpaired) electrons. The SMILES string of the molecule is CNC1CCC(N(C)S(=O)(=O)CCCOC)CC1. The number of nitrogens with one attached hydrogen (secondary N) is 1. The van der Waals surface area contributed by atoms with Gasteiger partial charge in [-0.3, -0.25) is 0 Å². The third-order valence-electron chi connectivity index (χ3n) is 3.81. The van der Waals surface area contributed by atoms with Gasteiger partial charge in [-0.25, -0.2) is 12.7 Å². The highest BCUT2D eigenvalue weighted by atomic mass is 32.2.